The van der Waals surface area contributed by atoms with Gasteiger partial charge in [-0.1, -0.05) is 26.8 Å². The molecule has 0 saturated carbocycles. The number of aromatic hydroxyl groups is 1. The molecular weight excluding hydrogens is 362 g/mol. The van der Waals surface area contributed by atoms with Gasteiger partial charge in [-0.15, -0.1) is 0 Å². The van der Waals surface area contributed by atoms with E-state index in [0.717, 1.165) is 23.2 Å². The molecule has 0 amide bonds. The molecule has 2 aromatic heterocycles. The first-order chi connectivity index (χ1) is 12.8. The Morgan fingerprint density at radius 2 is 1.93 bits per heavy atom. The van der Waals surface area contributed by atoms with Gasteiger partial charge in [0.2, 0.25) is 0 Å². The number of nitrogens with one attached hydrogen (secondary N) is 2. The van der Waals surface area contributed by atoms with E-state index in [4.69, 9.17) is 9.68 Å². The van der Waals surface area contributed by atoms with Gasteiger partial charge in [0.15, 0.2) is 17.4 Å². The molecule has 0 fully saturated rings. The largest absolute Gasteiger partial charge is 0.504 e. The molecule has 0 aliphatic heterocycles. The number of furan rings is 1. The van der Waals surface area contributed by atoms with Crippen LogP contribution in [0, 0.1) is 23.7 Å². The van der Waals surface area contributed by atoms with Gasteiger partial charge in [-0.2, -0.15) is 14.0 Å². The van der Waals surface area contributed by atoms with Gasteiger partial charge in [0.05, 0.1) is 29.0 Å². The van der Waals surface area contributed by atoms with E-state index in [1.54, 1.807) is 18.2 Å². The van der Waals surface area contributed by atoms with Crippen LogP contribution in [-0.2, 0) is 0 Å². The van der Waals surface area contributed by atoms with Crippen LogP contribution in [0.4, 0.5) is 17.3 Å². The van der Waals surface area contributed by atoms with Gasteiger partial charge < -0.3 is 20.2 Å². The Balaban J connectivity index is 1.89. The summed E-state index contributed by atoms with van der Waals surface area (Å²) in [5, 5.41) is 25.7. The summed E-state index contributed by atoms with van der Waals surface area (Å²) in [7, 11) is 0. The van der Waals surface area contributed by atoms with Crippen molar-refractivity contribution in [2.75, 3.05) is 10.6 Å². The van der Waals surface area contributed by atoms with Crippen LogP contribution in [0.15, 0.2) is 34.7 Å². The van der Waals surface area contributed by atoms with E-state index in [1.165, 1.54) is 0 Å². The maximum Gasteiger partial charge on any atom is 0.188 e. The molecule has 0 bridgehead atoms. The van der Waals surface area contributed by atoms with Crippen LogP contribution >= 0.6 is 11.7 Å². The van der Waals surface area contributed by atoms with E-state index in [1.807, 2.05) is 25.1 Å². The standard InChI is InChI=1S/C19H21N5O2S/c1-11-8-9-14(26-11)16(19(2,3)4)22-18-17(23-27-24-18)21-13-7-5-6-12(10-20)15(13)25/h5-9,16,25H,1-4H3,(H,21,23)(H,22,24). The van der Waals surface area contributed by atoms with Crippen LogP contribution in [0.3, 0.4) is 0 Å². The van der Waals surface area contributed by atoms with Gasteiger partial charge in [-0.05, 0) is 36.6 Å². The Morgan fingerprint density at radius 3 is 2.56 bits per heavy atom. The summed E-state index contributed by atoms with van der Waals surface area (Å²) in [5.74, 6) is 2.56. The monoisotopic (exact) mass is 383 g/mol. The van der Waals surface area contributed by atoms with Gasteiger partial charge in [-0.25, -0.2) is 0 Å². The molecule has 0 aliphatic rings. The fraction of sp³-hybridized carbons (Fsp3) is 0.316. The third kappa shape index (κ3) is 4.04. The van der Waals surface area contributed by atoms with Crippen LogP contribution in [0.2, 0.25) is 0 Å². The maximum absolute atomic E-state index is 10.2. The lowest BCUT2D eigenvalue weighted by molar-refractivity contribution is 0.300. The molecule has 0 saturated heterocycles. The van der Waals surface area contributed by atoms with Crippen LogP contribution in [0.5, 0.6) is 5.75 Å². The van der Waals surface area contributed by atoms with Gasteiger partial charge in [0, 0.05) is 0 Å². The average molecular weight is 383 g/mol. The molecular formula is C19H21N5O2S. The highest BCUT2D eigenvalue weighted by Crippen LogP contribution is 2.39. The number of phenols is 1. The summed E-state index contributed by atoms with van der Waals surface area (Å²) in [6, 6.07) is 10.6. The fourth-order valence-corrected chi connectivity index (χ4v) is 3.16. The number of anilines is 3. The molecule has 1 atom stereocenters. The normalized spacial score (nSPS) is 12.4. The van der Waals surface area contributed by atoms with Gasteiger partial charge >= 0.3 is 0 Å². The number of hydrogen-bond acceptors (Lipinski definition) is 8. The van der Waals surface area contributed by atoms with E-state index >= 15 is 0 Å². The minimum absolute atomic E-state index is 0.118. The Bertz CT molecular complexity index is 981. The SMILES string of the molecule is Cc1ccc(C(Nc2nsnc2Nc2cccc(C#N)c2O)C(C)(C)C)o1. The van der Waals surface area contributed by atoms with Gasteiger partial charge in [0.1, 0.15) is 17.6 Å². The van der Waals surface area contributed by atoms with Crippen molar-refractivity contribution in [1.29, 1.82) is 5.26 Å². The second kappa shape index (κ2) is 7.29. The number of nitrogens with zero attached hydrogens (tertiary/aromatic N) is 3. The Kier molecular flexibility index (Phi) is 5.06. The molecule has 1 unspecified atom stereocenters. The molecule has 2 heterocycles. The van der Waals surface area contributed by atoms with Crippen LogP contribution in [-0.4, -0.2) is 13.9 Å². The van der Waals surface area contributed by atoms with E-state index in [2.05, 4.69) is 40.2 Å². The number of rotatable bonds is 5. The zero-order chi connectivity index (χ0) is 19.6. The predicted octanol–water partition coefficient (Wildman–Crippen LogP) is 4.96. The molecule has 27 heavy (non-hydrogen) atoms. The molecule has 1 aromatic carbocycles. The Morgan fingerprint density at radius 1 is 1.19 bits per heavy atom. The molecule has 140 valence electrons. The Labute approximate surface area is 162 Å². The smallest absolute Gasteiger partial charge is 0.188 e. The van der Waals surface area contributed by atoms with Crippen molar-refractivity contribution >= 4 is 29.1 Å². The van der Waals surface area contributed by atoms with Crippen LogP contribution in [0.25, 0.3) is 0 Å². The summed E-state index contributed by atoms with van der Waals surface area (Å²) in [6.45, 7) is 8.23. The van der Waals surface area contributed by atoms with E-state index in [-0.39, 0.29) is 22.8 Å². The van der Waals surface area contributed by atoms with Crippen molar-refractivity contribution in [3.8, 4) is 11.8 Å². The van der Waals surface area contributed by atoms with Crippen LogP contribution < -0.4 is 10.6 Å². The first kappa shape index (κ1) is 18.7. The topological polar surface area (TPSA) is 107 Å². The number of aromatic nitrogens is 2. The summed E-state index contributed by atoms with van der Waals surface area (Å²) >= 11 is 1.05. The lowest BCUT2D eigenvalue weighted by Gasteiger charge is -2.30. The average Bonchev–Trinajstić information content (AvgIpc) is 3.22. The number of benzene rings is 1. The Hall–Kier alpha value is -3.05. The quantitative estimate of drug-likeness (QED) is 0.534. The number of aryl methyl sites for hydroxylation is 1. The molecule has 0 spiro atoms. The highest BCUT2D eigenvalue weighted by atomic mass is 32.1. The molecule has 3 N–H and O–H groups in total. The zero-order valence-corrected chi connectivity index (χ0v) is 16.4. The van der Waals surface area contributed by atoms with E-state index in [0.29, 0.717) is 17.3 Å². The highest BCUT2D eigenvalue weighted by molar-refractivity contribution is 6.99. The molecule has 3 rings (SSSR count). The van der Waals surface area contributed by atoms with Crippen molar-refractivity contribution in [3.05, 3.63) is 47.4 Å². The van der Waals surface area contributed by atoms with Gasteiger partial charge in [-0.3, -0.25) is 0 Å². The van der Waals surface area contributed by atoms with Crippen molar-refractivity contribution in [3.63, 3.8) is 0 Å². The maximum atomic E-state index is 10.2. The van der Waals surface area contributed by atoms with Crippen molar-refractivity contribution in [2.45, 2.75) is 33.7 Å². The van der Waals surface area contributed by atoms with Gasteiger partial charge in [0.25, 0.3) is 0 Å². The minimum Gasteiger partial charge on any atom is -0.504 e. The zero-order valence-electron chi connectivity index (χ0n) is 15.6. The summed E-state index contributed by atoms with van der Waals surface area (Å²) < 4.78 is 14.4. The molecule has 7 nitrogen and oxygen atoms in total. The van der Waals surface area contributed by atoms with E-state index < -0.39 is 0 Å². The molecule has 3 aromatic rings. The third-order valence-electron chi connectivity index (χ3n) is 4.09. The number of phenolic OH excluding ortho intramolecular Hbond substituents is 1. The van der Waals surface area contributed by atoms with Crippen molar-refractivity contribution in [2.24, 2.45) is 5.41 Å². The van der Waals surface area contributed by atoms with Crippen LogP contribution in [0.1, 0.15) is 43.9 Å². The summed E-state index contributed by atoms with van der Waals surface area (Å²) in [4.78, 5) is 0. The number of hydrogen-bond donors (Lipinski definition) is 3. The summed E-state index contributed by atoms with van der Waals surface area (Å²) in [5.41, 5.74) is 0.441. The lowest BCUT2D eigenvalue weighted by atomic mass is 9.85. The lowest BCUT2D eigenvalue weighted by Crippen LogP contribution is -2.25. The molecule has 0 aliphatic carbocycles. The molecule has 0 radical (unpaired) electrons. The second-order valence-corrected chi connectivity index (χ2v) is 7.82. The first-order valence-electron chi connectivity index (χ1n) is 8.44. The first-order valence-corrected chi connectivity index (χ1v) is 9.17. The highest BCUT2D eigenvalue weighted by Gasteiger charge is 2.30. The summed E-state index contributed by atoms with van der Waals surface area (Å²) in [6.07, 6.45) is 0. The number of para-hydroxylation sites is 1. The molecule has 8 heteroatoms. The van der Waals surface area contributed by atoms with Crippen molar-refractivity contribution in [1.82, 2.24) is 8.75 Å². The van der Waals surface area contributed by atoms with Crippen molar-refractivity contribution < 1.29 is 9.52 Å². The number of nitriles is 1. The second-order valence-electron chi connectivity index (χ2n) is 7.29. The predicted molar refractivity (Wildman–Crippen MR) is 105 cm³/mol. The van der Waals surface area contributed by atoms with E-state index in [9.17, 15) is 5.11 Å². The fourth-order valence-electron chi connectivity index (χ4n) is 2.69. The third-order valence-corrected chi connectivity index (χ3v) is 4.62. The minimum atomic E-state index is -0.145.